The highest BCUT2D eigenvalue weighted by atomic mass is 15.2. The molecule has 0 bridgehead atoms. The second-order valence-corrected chi connectivity index (χ2v) is 15.8. The van der Waals surface area contributed by atoms with Gasteiger partial charge in [0.1, 0.15) is 0 Å². The van der Waals surface area contributed by atoms with E-state index in [1.54, 1.807) is 0 Å². The minimum atomic E-state index is -0.223. The molecule has 2 aliphatic rings. The second kappa shape index (κ2) is 12.1. The first-order valence-corrected chi connectivity index (χ1v) is 19.0. The zero-order valence-electron chi connectivity index (χ0n) is 31.2. The van der Waals surface area contributed by atoms with Gasteiger partial charge in [0, 0.05) is 38.8 Å². The highest BCUT2D eigenvalue weighted by Crippen LogP contribution is 2.57. The second-order valence-electron chi connectivity index (χ2n) is 15.8. The minimum absolute atomic E-state index is 0.104. The third kappa shape index (κ3) is 4.80. The molecule has 1 aliphatic carbocycles. The monoisotopic (exact) mass is 694 g/mol. The van der Waals surface area contributed by atoms with E-state index in [0.717, 1.165) is 17.1 Å². The van der Waals surface area contributed by atoms with E-state index in [2.05, 4.69) is 219 Å². The van der Waals surface area contributed by atoms with E-state index in [0.29, 0.717) is 0 Å². The third-order valence-electron chi connectivity index (χ3n) is 12.0. The number of anilines is 6. The summed E-state index contributed by atoms with van der Waals surface area (Å²) in [5, 5.41) is 2.45. The van der Waals surface area contributed by atoms with Gasteiger partial charge in [0.15, 0.2) is 0 Å². The first-order valence-electron chi connectivity index (χ1n) is 19.0. The van der Waals surface area contributed by atoms with Crippen molar-refractivity contribution in [3.8, 4) is 22.3 Å². The Hall–Kier alpha value is -6.38. The van der Waals surface area contributed by atoms with E-state index < -0.39 is 0 Å². The molecule has 0 unspecified atom stereocenters. The van der Waals surface area contributed by atoms with Gasteiger partial charge in [-0.05, 0) is 86.8 Å². The quantitative estimate of drug-likeness (QED) is 0.177. The highest BCUT2D eigenvalue weighted by molar-refractivity contribution is 6.08. The predicted octanol–water partition coefficient (Wildman–Crippen LogP) is 14.4. The van der Waals surface area contributed by atoms with Crippen molar-refractivity contribution in [2.24, 2.45) is 0 Å². The number of benzene rings is 8. The van der Waals surface area contributed by atoms with Crippen molar-refractivity contribution in [2.45, 2.75) is 38.5 Å². The average molecular weight is 695 g/mol. The topological polar surface area (TPSA) is 6.48 Å². The molecule has 0 amide bonds. The maximum atomic E-state index is 2.55. The van der Waals surface area contributed by atoms with Crippen LogP contribution >= 0.6 is 0 Å². The van der Waals surface area contributed by atoms with Crippen LogP contribution in [0.15, 0.2) is 182 Å². The first kappa shape index (κ1) is 32.3. The summed E-state index contributed by atoms with van der Waals surface area (Å²) in [6.45, 7) is 9.47. The lowest BCUT2D eigenvalue weighted by Gasteiger charge is -2.43. The molecule has 10 rings (SSSR count). The van der Waals surface area contributed by atoms with Gasteiger partial charge in [0.25, 0.3) is 0 Å². The Morgan fingerprint density at radius 2 is 0.963 bits per heavy atom. The van der Waals surface area contributed by atoms with Crippen molar-refractivity contribution in [3.05, 3.63) is 204 Å². The van der Waals surface area contributed by atoms with Gasteiger partial charge >= 0.3 is 0 Å². The Morgan fingerprint density at radius 3 is 1.78 bits per heavy atom. The molecule has 2 heteroatoms. The van der Waals surface area contributed by atoms with Crippen molar-refractivity contribution in [3.63, 3.8) is 0 Å². The van der Waals surface area contributed by atoms with Gasteiger partial charge in [-0.25, -0.2) is 0 Å². The van der Waals surface area contributed by atoms with Crippen LogP contribution in [0.25, 0.3) is 33.0 Å². The molecule has 0 spiro atoms. The molecule has 8 aromatic rings. The molecule has 0 N–H and O–H groups in total. The van der Waals surface area contributed by atoms with E-state index in [1.807, 2.05) is 0 Å². The van der Waals surface area contributed by atoms with E-state index in [4.69, 9.17) is 0 Å². The average Bonchev–Trinajstić information content (AvgIpc) is 3.44. The van der Waals surface area contributed by atoms with Crippen molar-refractivity contribution in [2.75, 3.05) is 9.80 Å². The number of nitrogens with zero attached hydrogens (tertiary/aromatic N) is 2. The molecular weight excluding hydrogens is 653 g/mol. The first-order chi connectivity index (χ1) is 26.3. The zero-order valence-corrected chi connectivity index (χ0v) is 31.2. The fraction of sp³-hybridized carbons (Fsp3) is 0.115. The normalized spacial score (nSPS) is 14.6. The van der Waals surface area contributed by atoms with Gasteiger partial charge in [-0.2, -0.15) is 0 Å². The summed E-state index contributed by atoms with van der Waals surface area (Å²) >= 11 is 0. The van der Waals surface area contributed by atoms with Crippen LogP contribution in [-0.2, 0) is 10.8 Å². The molecule has 0 radical (unpaired) electrons. The van der Waals surface area contributed by atoms with E-state index in [-0.39, 0.29) is 10.8 Å². The van der Waals surface area contributed by atoms with Crippen LogP contribution in [0.3, 0.4) is 0 Å². The van der Waals surface area contributed by atoms with Crippen LogP contribution in [-0.4, -0.2) is 0 Å². The Bertz CT molecular complexity index is 2720. The Kier molecular flexibility index (Phi) is 7.22. The van der Waals surface area contributed by atoms with Crippen LogP contribution in [0, 0.1) is 0 Å². The number of fused-ring (bicyclic) bond motifs is 6. The maximum absolute atomic E-state index is 2.55. The molecule has 2 nitrogen and oxygen atoms in total. The number of rotatable bonds is 5. The summed E-state index contributed by atoms with van der Waals surface area (Å²) in [5.41, 5.74) is 17.1. The van der Waals surface area contributed by atoms with Crippen molar-refractivity contribution < 1.29 is 0 Å². The van der Waals surface area contributed by atoms with Gasteiger partial charge in [0.05, 0.1) is 17.1 Å². The lowest BCUT2D eigenvalue weighted by molar-refractivity contribution is 0.632. The summed E-state index contributed by atoms with van der Waals surface area (Å²) in [4.78, 5) is 4.99. The summed E-state index contributed by atoms with van der Waals surface area (Å²) < 4.78 is 0. The number of para-hydroxylation sites is 2. The Morgan fingerprint density at radius 1 is 0.389 bits per heavy atom. The van der Waals surface area contributed by atoms with E-state index in [1.165, 1.54) is 72.3 Å². The molecule has 0 saturated heterocycles. The lowest BCUT2D eigenvalue weighted by atomic mass is 9.73. The molecular formula is C52H42N2. The molecule has 0 fully saturated rings. The van der Waals surface area contributed by atoms with Gasteiger partial charge in [0.2, 0.25) is 0 Å². The molecule has 1 aliphatic heterocycles. The maximum Gasteiger partial charge on any atom is 0.0618 e. The fourth-order valence-electron chi connectivity index (χ4n) is 9.29. The minimum Gasteiger partial charge on any atom is -0.310 e. The number of hydrogen-bond acceptors (Lipinski definition) is 2. The van der Waals surface area contributed by atoms with Gasteiger partial charge in [-0.15, -0.1) is 0 Å². The Balaban J connectivity index is 1.24. The summed E-state index contributed by atoms with van der Waals surface area (Å²) in [5.74, 6) is 0. The summed E-state index contributed by atoms with van der Waals surface area (Å²) in [6.07, 6.45) is 0. The molecule has 0 saturated carbocycles. The molecule has 54 heavy (non-hydrogen) atoms. The Labute approximate surface area is 318 Å². The highest BCUT2D eigenvalue weighted by Gasteiger charge is 2.39. The van der Waals surface area contributed by atoms with Gasteiger partial charge in [-0.3, -0.25) is 0 Å². The van der Waals surface area contributed by atoms with Gasteiger partial charge in [-0.1, -0.05) is 167 Å². The standard InChI is InChI=1S/C52H42N2/c1-51(2)44-24-14-13-23-42(44)43-31-28-38(33-47(43)51)53(37-20-9-6-10-21-37)39-29-32-46-49(34-39)54(48-26-16-15-25-45(48)52(46,3)4)50-40-22-12-11-19-36(40)27-30-41(50)35-17-7-5-8-18-35/h5-34H,1-4H3. The fourth-order valence-corrected chi connectivity index (χ4v) is 9.29. The van der Waals surface area contributed by atoms with Crippen molar-refractivity contribution in [1.29, 1.82) is 0 Å². The van der Waals surface area contributed by atoms with Crippen molar-refractivity contribution >= 4 is 44.9 Å². The number of hydrogen-bond donors (Lipinski definition) is 0. The van der Waals surface area contributed by atoms with E-state index in [9.17, 15) is 0 Å². The molecule has 260 valence electrons. The molecule has 1 heterocycles. The smallest absolute Gasteiger partial charge is 0.0618 e. The van der Waals surface area contributed by atoms with Crippen LogP contribution in [0.2, 0.25) is 0 Å². The van der Waals surface area contributed by atoms with Crippen molar-refractivity contribution in [1.82, 2.24) is 0 Å². The predicted molar refractivity (Wildman–Crippen MR) is 228 cm³/mol. The van der Waals surface area contributed by atoms with Crippen LogP contribution in [0.5, 0.6) is 0 Å². The third-order valence-corrected chi connectivity index (χ3v) is 12.0. The van der Waals surface area contributed by atoms with Crippen LogP contribution in [0.1, 0.15) is 49.9 Å². The summed E-state index contributed by atoms with van der Waals surface area (Å²) in [6, 6.07) is 67.1. The van der Waals surface area contributed by atoms with E-state index >= 15 is 0 Å². The molecule has 8 aromatic carbocycles. The van der Waals surface area contributed by atoms with Crippen LogP contribution in [0.4, 0.5) is 34.1 Å². The lowest BCUT2D eigenvalue weighted by Crippen LogP contribution is -2.31. The summed E-state index contributed by atoms with van der Waals surface area (Å²) in [7, 11) is 0. The zero-order chi connectivity index (χ0) is 36.6. The molecule has 0 atom stereocenters. The molecule has 0 aromatic heterocycles. The van der Waals surface area contributed by atoms with Gasteiger partial charge < -0.3 is 9.80 Å². The van der Waals surface area contributed by atoms with Crippen LogP contribution < -0.4 is 9.80 Å². The largest absolute Gasteiger partial charge is 0.310 e. The SMILES string of the molecule is CC1(C)c2ccccc2-c2ccc(N(c3ccccc3)c3ccc4c(c3)N(c3c(-c5ccccc5)ccc5ccccc35)c3ccccc3C4(C)C)cc21.